The van der Waals surface area contributed by atoms with Crippen LogP contribution in [0, 0.1) is 12.7 Å². The van der Waals surface area contributed by atoms with Gasteiger partial charge in [0.15, 0.2) is 0 Å². The molecule has 0 saturated carbocycles. The summed E-state index contributed by atoms with van der Waals surface area (Å²) in [6, 6.07) is 12.1. The highest BCUT2D eigenvalue weighted by molar-refractivity contribution is 7.89. The van der Waals surface area contributed by atoms with Crippen molar-refractivity contribution in [3.63, 3.8) is 0 Å². The van der Waals surface area contributed by atoms with Crippen LogP contribution in [-0.4, -0.2) is 56.4 Å². The molecule has 0 aliphatic carbocycles. The van der Waals surface area contributed by atoms with Crippen LogP contribution in [-0.2, 0) is 26.1 Å². The second-order valence-corrected chi connectivity index (χ2v) is 8.64. The zero-order valence-corrected chi connectivity index (χ0v) is 16.5. The van der Waals surface area contributed by atoms with Crippen molar-refractivity contribution in [1.29, 1.82) is 0 Å². The van der Waals surface area contributed by atoms with Crippen LogP contribution in [0.5, 0.6) is 0 Å². The summed E-state index contributed by atoms with van der Waals surface area (Å²) in [5.41, 5.74) is 1.54. The van der Waals surface area contributed by atoms with Gasteiger partial charge in [0, 0.05) is 19.6 Å². The Bertz CT molecular complexity index is 908. The first-order chi connectivity index (χ1) is 13.4. The van der Waals surface area contributed by atoms with E-state index in [0.29, 0.717) is 31.9 Å². The number of sulfonamides is 1. The van der Waals surface area contributed by atoms with Gasteiger partial charge in [-0.1, -0.05) is 29.8 Å². The lowest BCUT2D eigenvalue weighted by Crippen LogP contribution is -2.46. The minimum atomic E-state index is -3.90. The molecule has 150 valence electrons. The second kappa shape index (κ2) is 8.81. The molecular formula is C20H23FN2O4S. The molecule has 0 atom stereocenters. The number of aryl methyl sites for hydroxylation is 1. The summed E-state index contributed by atoms with van der Waals surface area (Å²) < 4.78 is 46.0. The van der Waals surface area contributed by atoms with E-state index in [0.717, 1.165) is 9.87 Å². The largest absolute Gasteiger partial charge is 0.378 e. The molecule has 0 radical (unpaired) electrons. The molecule has 6 nitrogen and oxygen atoms in total. The minimum Gasteiger partial charge on any atom is -0.378 e. The van der Waals surface area contributed by atoms with Gasteiger partial charge in [-0.3, -0.25) is 4.79 Å². The molecule has 8 heteroatoms. The van der Waals surface area contributed by atoms with Crippen LogP contribution in [0.15, 0.2) is 53.4 Å². The van der Waals surface area contributed by atoms with Crippen LogP contribution in [0.1, 0.15) is 11.1 Å². The SMILES string of the molecule is Cc1ccc(S(=O)(=O)N(CC(=O)N2CCOCC2)Cc2ccc(F)cc2)cc1. The number of amides is 1. The number of carbonyl (C=O) groups is 1. The lowest BCUT2D eigenvalue weighted by Gasteiger charge is -2.29. The van der Waals surface area contributed by atoms with Gasteiger partial charge in [0.05, 0.1) is 24.7 Å². The van der Waals surface area contributed by atoms with Crippen molar-refractivity contribution in [2.45, 2.75) is 18.4 Å². The number of halogens is 1. The highest BCUT2D eigenvalue weighted by Gasteiger charge is 2.29. The smallest absolute Gasteiger partial charge is 0.243 e. The Morgan fingerprint density at radius 1 is 1.07 bits per heavy atom. The van der Waals surface area contributed by atoms with Gasteiger partial charge in [-0.05, 0) is 36.8 Å². The van der Waals surface area contributed by atoms with E-state index in [2.05, 4.69) is 0 Å². The Morgan fingerprint density at radius 2 is 1.68 bits per heavy atom. The van der Waals surface area contributed by atoms with E-state index in [1.807, 2.05) is 6.92 Å². The molecule has 0 aromatic heterocycles. The first-order valence-corrected chi connectivity index (χ1v) is 10.5. The second-order valence-electron chi connectivity index (χ2n) is 6.71. The van der Waals surface area contributed by atoms with E-state index < -0.39 is 15.8 Å². The highest BCUT2D eigenvalue weighted by Crippen LogP contribution is 2.20. The summed E-state index contributed by atoms with van der Waals surface area (Å²) in [4.78, 5) is 14.4. The van der Waals surface area contributed by atoms with Crippen molar-refractivity contribution in [2.24, 2.45) is 0 Å². The number of hydrogen-bond donors (Lipinski definition) is 0. The van der Waals surface area contributed by atoms with Crippen molar-refractivity contribution in [3.05, 3.63) is 65.5 Å². The van der Waals surface area contributed by atoms with E-state index in [4.69, 9.17) is 4.74 Å². The zero-order chi connectivity index (χ0) is 20.1. The third-order valence-electron chi connectivity index (χ3n) is 4.61. The maximum Gasteiger partial charge on any atom is 0.243 e. The topological polar surface area (TPSA) is 66.9 Å². The molecule has 2 aromatic carbocycles. The number of benzene rings is 2. The first-order valence-electron chi connectivity index (χ1n) is 9.03. The van der Waals surface area contributed by atoms with E-state index >= 15 is 0 Å². The van der Waals surface area contributed by atoms with E-state index in [1.165, 1.54) is 36.4 Å². The summed E-state index contributed by atoms with van der Waals surface area (Å²) in [5.74, 6) is -0.679. The normalized spacial score (nSPS) is 15.0. The molecule has 1 aliphatic heterocycles. The number of carbonyl (C=O) groups excluding carboxylic acids is 1. The van der Waals surface area contributed by atoms with Gasteiger partial charge in [0.1, 0.15) is 5.82 Å². The molecule has 3 rings (SSSR count). The standard InChI is InChI=1S/C20H23FN2O4S/c1-16-2-8-19(9-3-16)28(25,26)23(14-17-4-6-18(21)7-5-17)15-20(24)22-10-12-27-13-11-22/h2-9H,10-15H2,1H3. The van der Waals surface area contributed by atoms with Crippen LogP contribution < -0.4 is 0 Å². The molecule has 1 fully saturated rings. The molecule has 28 heavy (non-hydrogen) atoms. The van der Waals surface area contributed by atoms with Crippen LogP contribution in [0.4, 0.5) is 4.39 Å². The zero-order valence-electron chi connectivity index (χ0n) is 15.7. The first kappa shape index (κ1) is 20.4. The molecule has 1 saturated heterocycles. The van der Waals surface area contributed by atoms with E-state index in [-0.39, 0.29) is 23.9 Å². The average molecular weight is 406 g/mol. The number of hydrogen-bond acceptors (Lipinski definition) is 4. The maximum absolute atomic E-state index is 13.2. The van der Waals surface area contributed by atoms with Crippen molar-refractivity contribution in [3.8, 4) is 0 Å². The van der Waals surface area contributed by atoms with Crippen molar-refractivity contribution in [1.82, 2.24) is 9.21 Å². The molecule has 0 spiro atoms. The number of rotatable bonds is 6. The van der Waals surface area contributed by atoms with Crippen LogP contribution >= 0.6 is 0 Å². The van der Waals surface area contributed by atoms with Gasteiger partial charge in [0.25, 0.3) is 0 Å². The summed E-state index contributed by atoms with van der Waals surface area (Å²) in [5, 5.41) is 0. The fraction of sp³-hybridized carbons (Fsp3) is 0.350. The third-order valence-corrected chi connectivity index (χ3v) is 6.41. The van der Waals surface area contributed by atoms with Crippen molar-refractivity contribution in [2.75, 3.05) is 32.8 Å². The fourth-order valence-corrected chi connectivity index (χ4v) is 4.32. The molecular weight excluding hydrogens is 383 g/mol. The van der Waals surface area contributed by atoms with Gasteiger partial charge in [-0.2, -0.15) is 4.31 Å². The van der Waals surface area contributed by atoms with Gasteiger partial charge < -0.3 is 9.64 Å². The molecule has 1 amide bonds. The molecule has 1 heterocycles. The predicted molar refractivity (Wildman–Crippen MR) is 103 cm³/mol. The number of nitrogens with zero attached hydrogens (tertiary/aromatic N) is 2. The predicted octanol–water partition coefficient (Wildman–Crippen LogP) is 2.18. The van der Waals surface area contributed by atoms with Crippen molar-refractivity contribution < 1.29 is 22.3 Å². The molecule has 0 unspecified atom stereocenters. The monoisotopic (exact) mass is 406 g/mol. The van der Waals surface area contributed by atoms with Gasteiger partial charge in [0.2, 0.25) is 15.9 Å². The highest BCUT2D eigenvalue weighted by atomic mass is 32.2. The van der Waals surface area contributed by atoms with Crippen LogP contribution in [0.25, 0.3) is 0 Å². The summed E-state index contributed by atoms with van der Waals surface area (Å²) in [6.45, 7) is 3.32. The van der Waals surface area contributed by atoms with Crippen molar-refractivity contribution >= 4 is 15.9 Å². The molecule has 1 aliphatic rings. The lowest BCUT2D eigenvalue weighted by atomic mass is 10.2. The summed E-state index contributed by atoms with van der Waals surface area (Å²) >= 11 is 0. The fourth-order valence-electron chi connectivity index (χ4n) is 2.94. The van der Waals surface area contributed by atoms with E-state index in [1.54, 1.807) is 17.0 Å². The van der Waals surface area contributed by atoms with E-state index in [9.17, 15) is 17.6 Å². The molecule has 0 N–H and O–H groups in total. The quantitative estimate of drug-likeness (QED) is 0.738. The molecule has 0 bridgehead atoms. The number of ether oxygens (including phenoxy) is 1. The lowest BCUT2D eigenvalue weighted by molar-refractivity contribution is -0.135. The minimum absolute atomic E-state index is 0.0213. The van der Waals surface area contributed by atoms with Crippen LogP contribution in [0.3, 0.4) is 0 Å². The van der Waals surface area contributed by atoms with Gasteiger partial charge in [-0.25, -0.2) is 12.8 Å². The maximum atomic E-state index is 13.2. The third kappa shape index (κ3) is 4.95. The summed E-state index contributed by atoms with van der Waals surface area (Å²) in [6.07, 6.45) is 0. The Morgan fingerprint density at radius 3 is 2.29 bits per heavy atom. The van der Waals surface area contributed by atoms with Gasteiger partial charge in [-0.15, -0.1) is 0 Å². The average Bonchev–Trinajstić information content (AvgIpc) is 2.70. The summed E-state index contributed by atoms with van der Waals surface area (Å²) in [7, 11) is -3.90. The Hall–Kier alpha value is -2.29. The Kier molecular flexibility index (Phi) is 6.43. The van der Waals surface area contributed by atoms with Crippen LogP contribution in [0.2, 0.25) is 0 Å². The molecule has 2 aromatic rings. The number of morpholine rings is 1. The Labute approximate surface area is 164 Å². The van der Waals surface area contributed by atoms with Gasteiger partial charge >= 0.3 is 0 Å². The Balaban J connectivity index is 1.87.